The van der Waals surface area contributed by atoms with Crippen LogP contribution in [0.3, 0.4) is 0 Å². The van der Waals surface area contributed by atoms with Crippen LogP contribution in [0, 0.1) is 3.57 Å². The Hall–Kier alpha value is -1.65. The molecule has 0 bridgehead atoms. The van der Waals surface area contributed by atoms with Gasteiger partial charge < -0.3 is 20.9 Å². The Kier molecular flexibility index (Phi) is 7.73. The zero-order valence-corrected chi connectivity index (χ0v) is 21.1. The minimum atomic E-state index is 0. The van der Waals surface area contributed by atoms with E-state index in [1.165, 1.54) is 34.8 Å². The lowest BCUT2D eigenvalue weighted by atomic mass is 9.92. The summed E-state index contributed by atoms with van der Waals surface area (Å²) in [6.07, 6.45) is 11.1. The monoisotopic (exact) mass is 567 g/mol. The van der Waals surface area contributed by atoms with E-state index in [0.29, 0.717) is 30.6 Å². The fourth-order valence-corrected chi connectivity index (χ4v) is 5.44. The van der Waals surface area contributed by atoms with Gasteiger partial charge in [-0.25, -0.2) is 4.98 Å². The molecule has 4 N–H and O–H groups in total. The molecule has 2 aliphatic rings. The molecule has 0 aliphatic heterocycles. The maximum Gasteiger partial charge on any atom is 0.227 e. The molecule has 2 saturated carbocycles. The van der Waals surface area contributed by atoms with Crippen molar-refractivity contribution in [2.45, 2.75) is 76.0 Å². The summed E-state index contributed by atoms with van der Waals surface area (Å²) in [4.78, 5) is 14.5. The third-order valence-corrected chi connectivity index (χ3v) is 7.26. The van der Waals surface area contributed by atoms with Crippen molar-refractivity contribution in [3.05, 3.63) is 39.7 Å². The van der Waals surface area contributed by atoms with Crippen LogP contribution in [0.15, 0.2) is 30.6 Å². The van der Waals surface area contributed by atoms with E-state index < -0.39 is 0 Å². The van der Waals surface area contributed by atoms with E-state index in [4.69, 9.17) is 20.7 Å². The number of nitrogens with one attached hydrogen (secondary N) is 2. The number of hydrogen-bond donors (Lipinski definition) is 3. The second kappa shape index (κ2) is 10.5. The van der Waals surface area contributed by atoms with Crippen LogP contribution in [0.25, 0.3) is 11.2 Å². The number of rotatable bonds is 6. The molecule has 2 fully saturated rings. The van der Waals surface area contributed by atoms with Gasteiger partial charge in [0.25, 0.3) is 0 Å². The van der Waals surface area contributed by atoms with Crippen molar-refractivity contribution in [1.29, 1.82) is 0 Å². The molecule has 0 spiro atoms. The van der Waals surface area contributed by atoms with Gasteiger partial charge in [0.05, 0.1) is 6.33 Å². The molecule has 172 valence electrons. The Morgan fingerprint density at radius 1 is 1.06 bits per heavy atom. The Balaban J connectivity index is 0.00000245. The number of imidazole rings is 1. The molecule has 0 radical (unpaired) electrons. The highest BCUT2D eigenvalue weighted by atomic mass is 127. The maximum absolute atomic E-state index is 6.09. The van der Waals surface area contributed by atoms with E-state index >= 15 is 0 Å². The van der Waals surface area contributed by atoms with Crippen molar-refractivity contribution in [3.8, 4) is 0 Å². The van der Waals surface area contributed by atoms with Crippen molar-refractivity contribution in [2.24, 2.45) is 5.73 Å². The van der Waals surface area contributed by atoms with Gasteiger partial charge in [-0.1, -0.05) is 25.0 Å². The lowest BCUT2D eigenvalue weighted by Crippen LogP contribution is -2.33. The zero-order chi connectivity index (χ0) is 21.2. The summed E-state index contributed by atoms with van der Waals surface area (Å²) in [5.41, 5.74) is 9.10. The summed E-state index contributed by atoms with van der Waals surface area (Å²) < 4.78 is 3.50. The second-order valence-electron chi connectivity index (χ2n) is 8.90. The van der Waals surface area contributed by atoms with E-state index in [2.05, 4.69) is 62.1 Å². The SMILES string of the molecule is Cl.N[C@H]1CC[C@H](Nc2nc(NCc3cccc(I)c3)c3ncn(C4CCCC4)c3n2)CC1. The minimum Gasteiger partial charge on any atom is -0.364 e. The number of nitrogens with two attached hydrogens (primary N) is 1. The first-order valence-electron chi connectivity index (χ1n) is 11.4. The van der Waals surface area contributed by atoms with Crippen molar-refractivity contribution in [3.63, 3.8) is 0 Å². The summed E-state index contributed by atoms with van der Waals surface area (Å²) in [6, 6.07) is 9.71. The minimum absolute atomic E-state index is 0. The normalized spacial score (nSPS) is 21.4. The molecule has 0 amide bonds. The third kappa shape index (κ3) is 5.28. The lowest BCUT2D eigenvalue weighted by molar-refractivity contribution is 0.410. The van der Waals surface area contributed by atoms with Gasteiger partial charge in [0, 0.05) is 28.2 Å². The molecular weight excluding hydrogens is 537 g/mol. The smallest absolute Gasteiger partial charge is 0.227 e. The van der Waals surface area contributed by atoms with E-state index in [9.17, 15) is 0 Å². The molecule has 9 heteroatoms. The highest BCUT2D eigenvalue weighted by Crippen LogP contribution is 2.33. The summed E-state index contributed by atoms with van der Waals surface area (Å²) in [7, 11) is 0. The molecule has 1 aromatic carbocycles. The molecule has 2 heterocycles. The van der Waals surface area contributed by atoms with Crippen LogP contribution in [0.4, 0.5) is 11.8 Å². The first kappa shape index (κ1) is 23.5. The second-order valence-corrected chi connectivity index (χ2v) is 10.1. The topological polar surface area (TPSA) is 93.7 Å². The van der Waals surface area contributed by atoms with Crippen molar-refractivity contribution in [1.82, 2.24) is 19.5 Å². The molecule has 32 heavy (non-hydrogen) atoms. The van der Waals surface area contributed by atoms with Crippen LogP contribution >= 0.6 is 35.0 Å². The van der Waals surface area contributed by atoms with Gasteiger partial charge in [-0.15, -0.1) is 12.4 Å². The quantitative estimate of drug-likeness (QED) is 0.352. The number of aromatic nitrogens is 4. The predicted octanol–water partition coefficient (Wildman–Crippen LogP) is 5.26. The highest BCUT2D eigenvalue weighted by molar-refractivity contribution is 14.1. The molecule has 5 rings (SSSR count). The predicted molar refractivity (Wildman–Crippen MR) is 140 cm³/mol. The van der Waals surface area contributed by atoms with Crippen LogP contribution in [0.5, 0.6) is 0 Å². The van der Waals surface area contributed by atoms with E-state index in [-0.39, 0.29) is 12.4 Å². The number of hydrogen-bond acceptors (Lipinski definition) is 6. The molecule has 0 unspecified atom stereocenters. The first-order valence-corrected chi connectivity index (χ1v) is 12.5. The van der Waals surface area contributed by atoms with Gasteiger partial charge in [0.2, 0.25) is 5.95 Å². The zero-order valence-electron chi connectivity index (χ0n) is 18.1. The van der Waals surface area contributed by atoms with Crippen molar-refractivity contribution >= 4 is 57.9 Å². The largest absolute Gasteiger partial charge is 0.364 e. The summed E-state index contributed by atoms with van der Waals surface area (Å²) >= 11 is 2.35. The molecule has 3 aromatic rings. The van der Waals surface area contributed by atoms with E-state index in [1.807, 2.05) is 6.33 Å². The Bertz CT molecular complexity index is 1040. The molecule has 0 atom stereocenters. The third-order valence-electron chi connectivity index (χ3n) is 6.59. The molecular formula is C23H31ClIN7. The lowest BCUT2D eigenvalue weighted by Gasteiger charge is -2.27. The van der Waals surface area contributed by atoms with Gasteiger partial charge in [0.1, 0.15) is 0 Å². The van der Waals surface area contributed by atoms with Gasteiger partial charge in [0.15, 0.2) is 17.0 Å². The van der Waals surface area contributed by atoms with Gasteiger partial charge in [-0.2, -0.15) is 9.97 Å². The van der Waals surface area contributed by atoms with Crippen LogP contribution in [-0.2, 0) is 6.54 Å². The molecule has 2 aromatic heterocycles. The number of nitrogens with zero attached hydrogens (tertiary/aromatic N) is 4. The number of anilines is 2. The fraction of sp³-hybridized carbons (Fsp3) is 0.522. The fourth-order valence-electron chi connectivity index (χ4n) is 4.83. The van der Waals surface area contributed by atoms with Crippen molar-refractivity contribution < 1.29 is 0 Å². The average molecular weight is 568 g/mol. The average Bonchev–Trinajstić information content (AvgIpc) is 3.43. The number of halogens is 2. The van der Waals surface area contributed by atoms with Gasteiger partial charge in [-0.3, -0.25) is 0 Å². The van der Waals surface area contributed by atoms with Gasteiger partial charge in [-0.05, 0) is 78.8 Å². The number of benzene rings is 1. The Morgan fingerprint density at radius 2 is 1.84 bits per heavy atom. The Morgan fingerprint density at radius 3 is 2.59 bits per heavy atom. The van der Waals surface area contributed by atoms with Crippen LogP contribution in [-0.4, -0.2) is 31.6 Å². The van der Waals surface area contributed by atoms with Crippen molar-refractivity contribution in [2.75, 3.05) is 10.6 Å². The molecule has 7 nitrogen and oxygen atoms in total. The summed E-state index contributed by atoms with van der Waals surface area (Å²) in [6.45, 7) is 0.705. The van der Waals surface area contributed by atoms with E-state index in [0.717, 1.165) is 42.7 Å². The highest BCUT2D eigenvalue weighted by Gasteiger charge is 2.23. The Labute approximate surface area is 208 Å². The van der Waals surface area contributed by atoms with E-state index in [1.54, 1.807) is 0 Å². The van der Waals surface area contributed by atoms with Crippen LogP contribution in [0.2, 0.25) is 0 Å². The standard InChI is InChI=1S/C23H30IN7.ClH/c24-16-5-3-4-15(12-16)13-26-21-20-22(31(14-27-20)19-6-1-2-7-19)30-23(29-21)28-18-10-8-17(25)9-11-18;/h3-5,12,14,17-19H,1-2,6-11,13,25H2,(H2,26,28,29,30);1H/t17-,18-;. The molecule has 0 saturated heterocycles. The van der Waals surface area contributed by atoms with Crippen LogP contribution in [0.1, 0.15) is 63.0 Å². The van der Waals surface area contributed by atoms with Crippen LogP contribution < -0.4 is 16.4 Å². The number of fused-ring (bicyclic) bond motifs is 1. The maximum atomic E-state index is 6.09. The first-order chi connectivity index (χ1) is 15.2. The summed E-state index contributed by atoms with van der Waals surface area (Å²) in [5, 5.41) is 7.12. The molecule has 2 aliphatic carbocycles. The van der Waals surface area contributed by atoms with Gasteiger partial charge >= 0.3 is 0 Å². The summed E-state index contributed by atoms with van der Waals surface area (Å²) in [5.74, 6) is 1.49.